The van der Waals surface area contributed by atoms with E-state index in [9.17, 15) is 18.0 Å². The predicted molar refractivity (Wildman–Crippen MR) is 109 cm³/mol. The number of alkyl halides is 3. The highest BCUT2D eigenvalue weighted by Gasteiger charge is 2.38. The molecule has 0 saturated heterocycles. The topological polar surface area (TPSA) is 53.0 Å². The first-order chi connectivity index (χ1) is 14.3. The molecule has 0 fully saturated rings. The van der Waals surface area contributed by atoms with Crippen LogP contribution in [0.4, 0.5) is 13.2 Å². The van der Waals surface area contributed by atoms with Crippen LogP contribution in [0.2, 0.25) is 0 Å². The molecule has 30 heavy (non-hydrogen) atoms. The molecule has 5 nitrogen and oxygen atoms in total. The van der Waals surface area contributed by atoms with E-state index in [1.54, 1.807) is 66.2 Å². The summed E-state index contributed by atoms with van der Waals surface area (Å²) in [5.41, 5.74) is -1.28. The summed E-state index contributed by atoms with van der Waals surface area (Å²) in [6.07, 6.45) is -4.87. The van der Waals surface area contributed by atoms with Gasteiger partial charge in [0.1, 0.15) is 11.0 Å². The Kier molecular flexibility index (Phi) is 3.88. The van der Waals surface area contributed by atoms with E-state index < -0.39 is 22.9 Å². The van der Waals surface area contributed by atoms with Gasteiger partial charge in [-0.05, 0) is 30.4 Å². The van der Waals surface area contributed by atoms with E-state index in [0.29, 0.717) is 16.6 Å². The van der Waals surface area contributed by atoms with Crippen molar-refractivity contribution in [1.82, 2.24) is 14.1 Å². The highest BCUT2D eigenvalue weighted by atomic mass is 32.1. The number of pyridine rings is 1. The second-order valence-corrected chi connectivity index (χ2v) is 7.14. The molecule has 9 heteroatoms. The first kappa shape index (κ1) is 18.6. The number of fused-ring (bicyclic) bond motifs is 5. The molecule has 5 aromatic rings. The molecule has 0 unspecified atom stereocenters. The fourth-order valence-electron chi connectivity index (χ4n) is 3.76. The van der Waals surface area contributed by atoms with Gasteiger partial charge in [-0.1, -0.05) is 36.4 Å². The molecule has 0 bridgehead atoms. The predicted octanol–water partition coefficient (Wildman–Crippen LogP) is 5.37. The Morgan fingerprint density at radius 3 is 2.37 bits per heavy atom. The molecule has 0 radical (unpaired) electrons. The van der Waals surface area contributed by atoms with Crippen LogP contribution in [-0.2, 0) is 13.2 Å². The lowest BCUT2D eigenvalue weighted by Crippen LogP contribution is -2.15. The monoisotopic (exact) mass is 427 g/mol. The molecule has 0 saturated carbocycles. The fraction of sp³-hybridized carbons (Fsp3) is 0.0952. The van der Waals surface area contributed by atoms with Crippen molar-refractivity contribution in [2.24, 2.45) is 7.05 Å². The van der Waals surface area contributed by atoms with E-state index in [0.717, 1.165) is 0 Å². The highest BCUT2D eigenvalue weighted by molar-refractivity contribution is 7.71. The lowest BCUT2D eigenvalue weighted by Gasteiger charge is -2.12. The number of hydrogen-bond donors (Lipinski definition) is 0. The zero-order chi connectivity index (χ0) is 21.2. The lowest BCUT2D eigenvalue weighted by atomic mass is 10.1. The van der Waals surface area contributed by atoms with Crippen LogP contribution in [0.1, 0.15) is 5.69 Å². The second-order valence-electron chi connectivity index (χ2n) is 6.78. The van der Waals surface area contributed by atoms with Crippen molar-refractivity contribution >= 4 is 45.1 Å². The molecule has 3 aromatic heterocycles. The van der Waals surface area contributed by atoms with Crippen molar-refractivity contribution in [3.05, 3.63) is 75.5 Å². The molecule has 0 amide bonds. The first-order valence-corrected chi connectivity index (χ1v) is 9.29. The second kappa shape index (κ2) is 6.27. The summed E-state index contributed by atoms with van der Waals surface area (Å²) in [5.74, 6) is 0. The molecule has 150 valence electrons. The van der Waals surface area contributed by atoms with Gasteiger partial charge in [0.15, 0.2) is 16.1 Å². The van der Waals surface area contributed by atoms with Crippen LogP contribution in [0, 0.1) is 4.77 Å². The van der Waals surface area contributed by atoms with Crippen LogP contribution >= 0.6 is 12.2 Å². The average molecular weight is 427 g/mol. The number of aryl methyl sites for hydroxylation is 1. The standard InChI is InChI=1S/C21H12F3N3O2S/c1-26-16-14-12-9-5-6-10-13(12)29-19(28)15(14)17(21(22,23)24)25-18(16)27(20(26)30)11-7-3-2-4-8-11/h2-10H,1H3. The minimum atomic E-state index is -4.87. The highest BCUT2D eigenvalue weighted by Crippen LogP contribution is 2.38. The minimum Gasteiger partial charge on any atom is -0.422 e. The van der Waals surface area contributed by atoms with Crippen molar-refractivity contribution in [3.8, 4) is 5.69 Å². The summed E-state index contributed by atoms with van der Waals surface area (Å²) in [4.78, 5) is 16.5. The zero-order valence-corrected chi connectivity index (χ0v) is 16.2. The molecule has 0 N–H and O–H groups in total. The van der Waals surface area contributed by atoms with Crippen molar-refractivity contribution < 1.29 is 17.6 Å². The number of benzene rings is 2. The third-order valence-electron chi connectivity index (χ3n) is 5.02. The quantitative estimate of drug-likeness (QED) is 0.205. The summed E-state index contributed by atoms with van der Waals surface area (Å²) < 4.78 is 50.4. The Morgan fingerprint density at radius 1 is 1.00 bits per heavy atom. The van der Waals surface area contributed by atoms with E-state index >= 15 is 0 Å². The summed E-state index contributed by atoms with van der Waals surface area (Å²) >= 11 is 5.53. The SMILES string of the molecule is Cn1c(=S)n(-c2ccccc2)c2nc(C(F)(F)F)c3c(=O)oc4ccccc4c3c21. The average Bonchev–Trinajstić information content (AvgIpc) is 2.97. The molecule has 0 aliphatic carbocycles. The fourth-order valence-corrected chi connectivity index (χ4v) is 4.05. The Labute approximate surface area is 171 Å². The van der Waals surface area contributed by atoms with Gasteiger partial charge in [0.25, 0.3) is 0 Å². The molecule has 3 heterocycles. The van der Waals surface area contributed by atoms with Crippen molar-refractivity contribution in [2.75, 3.05) is 0 Å². The third kappa shape index (κ3) is 2.51. The first-order valence-electron chi connectivity index (χ1n) is 8.88. The normalized spacial score (nSPS) is 12.3. The van der Waals surface area contributed by atoms with Gasteiger partial charge in [0, 0.05) is 23.5 Å². The van der Waals surface area contributed by atoms with Gasteiger partial charge in [-0.15, -0.1) is 0 Å². The molecule has 0 spiro atoms. The van der Waals surface area contributed by atoms with E-state index in [-0.39, 0.29) is 21.4 Å². The largest absolute Gasteiger partial charge is 0.434 e. The number of imidazole rings is 1. The maximum Gasteiger partial charge on any atom is 0.434 e. The Balaban J connectivity index is 2.16. The van der Waals surface area contributed by atoms with Crippen molar-refractivity contribution in [1.29, 1.82) is 0 Å². The van der Waals surface area contributed by atoms with Gasteiger partial charge in [-0.2, -0.15) is 13.2 Å². The molecular weight excluding hydrogens is 415 g/mol. The molecular formula is C21H12F3N3O2S. The Hall–Kier alpha value is -3.46. The Morgan fingerprint density at radius 2 is 1.67 bits per heavy atom. The van der Waals surface area contributed by atoms with Gasteiger partial charge in [0.2, 0.25) is 0 Å². The number of hydrogen-bond acceptors (Lipinski definition) is 4. The molecule has 0 aliphatic heterocycles. The van der Waals surface area contributed by atoms with E-state index in [4.69, 9.17) is 16.6 Å². The Bertz CT molecular complexity index is 1580. The van der Waals surface area contributed by atoms with Crippen LogP contribution in [-0.4, -0.2) is 14.1 Å². The number of nitrogens with zero attached hydrogens (tertiary/aromatic N) is 3. The maximum absolute atomic E-state index is 14.0. The van der Waals surface area contributed by atoms with Crippen LogP contribution in [0.15, 0.2) is 63.8 Å². The van der Waals surface area contributed by atoms with Crippen molar-refractivity contribution in [2.45, 2.75) is 6.18 Å². The van der Waals surface area contributed by atoms with E-state index in [1.807, 2.05) is 0 Å². The molecule has 5 rings (SSSR count). The van der Waals surface area contributed by atoms with Gasteiger partial charge in [-0.25, -0.2) is 9.78 Å². The van der Waals surface area contributed by atoms with Gasteiger partial charge >= 0.3 is 11.8 Å². The van der Waals surface area contributed by atoms with Crippen LogP contribution < -0.4 is 5.63 Å². The van der Waals surface area contributed by atoms with Crippen LogP contribution in [0.5, 0.6) is 0 Å². The van der Waals surface area contributed by atoms with Gasteiger partial charge in [-0.3, -0.25) is 4.57 Å². The van der Waals surface area contributed by atoms with Crippen molar-refractivity contribution in [3.63, 3.8) is 0 Å². The summed E-state index contributed by atoms with van der Waals surface area (Å²) in [6, 6.07) is 15.2. The van der Waals surface area contributed by atoms with Gasteiger partial charge in [0.05, 0.1) is 5.52 Å². The van der Waals surface area contributed by atoms with Crippen LogP contribution in [0.25, 0.3) is 38.6 Å². The molecule has 0 atom stereocenters. The number of para-hydroxylation sites is 2. The summed E-state index contributed by atoms with van der Waals surface area (Å²) in [5, 5.41) is -0.118. The van der Waals surface area contributed by atoms with Gasteiger partial charge < -0.3 is 8.98 Å². The number of aromatic nitrogens is 3. The van der Waals surface area contributed by atoms with E-state index in [2.05, 4.69) is 4.98 Å². The maximum atomic E-state index is 14.0. The summed E-state index contributed by atoms with van der Waals surface area (Å²) in [6.45, 7) is 0. The minimum absolute atomic E-state index is 0.0179. The molecule has 2 aromatic carbocycles. The third-order valence-corrected chi connectivity index (χ3v) is 5.48. The zero-order valence-electron chi connectivity index (χ0n) is 15.4. The lowest BCUT2D eigenvalue weighted by molar-refractivity contribution is -0.139. The smallest absolute Gasteiger partial charge is 0.422 e. The van der Waals surface area contributed by atoms with E-state index in [1.165, 1.54) is 4.57 Å². The van der Waals surface area contributed by atoms with Crippen LogP contribution in [0.3, 0.4) is 0 Å². The number of rotatable bonds is 1. The molecule has 0 aliphatic rings. The summed E-state index contributed by atoms with van der Waals surface area (Å²) in [7, 11) is 1.64. The number of halogens is 3.